The highest BCUT2D eigenvalue weighted by atomic mass is 16.6. The lowest BCUT2D eigenvalue weighted by Gasteiger charge is -2.29. The molecule has 2 aliphatic heterocycles. The molecule has 1 aromatic carbocycles. The fraction of sp³-hybridized carbons (Fsp3) is 0.696. The average Bonchev–Trinajstić information content (AvgIpc) is 3.25. The molecule has 1 amide bonds. The third-order valence-electron chi connectivity index (χ3n) is 5.80. The van der Waals surface area contributed by atoms with Crippen LogP contribution in [0, 0.1) is 0 Å². The van der Waals surface area contributed by atoms with Crippen molar-refractivity contribution >= 4 is 5.91 Å². The van der Waals surface area contributed by atoms with Crippen molar-refractivity contribution in [2.24, 2.45) is 0 Å². The number of hydrogen-bond donors (Lipinski definition) is 2. The summed E-state index contributed by atoms with van der Waals surface area (Å²) in [7, 11) is 0. The molecule has 0 radical (unpaired) electrons. The minimum absolute atomic E-state index is 0.0299. The van der Waals surface area contributed by atoms with Crippen LogP contribution in [0.15, 0.2) is 18.2 Å². The summed E-state index contributed by atoms with van der Waals surface area (Å²) in [6.45, 7) is 5.96. The maximum absolute atomic E-state index is 12.5. The van der Waals surface area contributed by atoms with Gasteiger partial charge in [-0.05, 0) is 50.0 Å². The molecule has 1 saturated heterocycles. The summed E-state index contributed by atoms with van der Waals surface area (Å²) in [4.78, 5) is 14.9. The van der Waals surface area contributed by atoms with E-state index in [9.17, 15) is 9.90 Å². The number of ether oxygens (including phenoxy) is 2. The molecule has 2 aliphatic rings. The molecule has 6 nitrogen and oxygen atoms in total. The lowest BCUT2D eigenvalue weighted by atomic mass is 10.0. The molecule has 1 aromatic rings. The second-order valence-electron chi connectivity index (χ2n) is 8.19. The molecular formula is C23H36N2O4. The van der Waals surface area contributed by atoms with Crippen molar-refractivity contribution in [3.63, 3.8) is 0 Å². The standard InChI is InChI=1S/C23H36N2O4/c1-2-3-4-5-6-9-22(26)24-19(17-25-12-7-8-13-25)23(27)18-10-11-20-21(16-18)29-15-14-28-20/h10-11,16,19,23,27H,2-9,12-15,17H2,1H3,(H,24,26)/t19-,23?/m1/s1. The Bertz CT molecular complexity index is 646. The molecule has 162 valence electrons. The second-order valence-corrected chi connectivity index (χ2v) is 8.19. The number of nitrogens with zero attached hydrogens (tertiary/aromatic N) is 1. The van der Waals surface area contributed by atoms with E-state index in [1.54, 1.807) is 0 Å². The van der Waals surface area contributed by atoms with Gasteiger partial charge in [0.15, 0.2) is 11.5 Å². The number of aliphatic hydroxyl groups excluding tert-OH is 1. The third-order valence-corrected chi connectivity index (χ3v) is 5.80. The highest BCUT2D eigenvalue weighted by Crippen LogP contribution is 2.33. The second kappa shape index (κ2) is 11.4. The highest BCUT2D eigenvalue weighted by molar-refractivity contribution is 5.76. The van der Waals surface area contributed by atoms with E-state index in [1.807, 2.05) is 18.2 Å². The average molecular weight is 405 g/mol. The van der Waals surface area contributed by atoms with Crippen LogP contribution in [-0.4, -0.2) is 54.8 Å². The van der Waals surface area contributed by atoms with Gasteiger partial charge in [-0.15, -0.1) is 0 Å². The number of carbonyl (C=O) groups is 1. The SMILES string of the molecule is CCCCCCCC(=O)N[C@H](CN1CCCC1)C(O)c1ccc2c(c1)OCCO2. The molecule has 1 unspecified atom stereocenters. The molecule has 6 heteroatoms. The molecule has 0 saturated carbocycles. The number of fused-ring (bicyclic) bond motifs is 1. The molecular weight excluding hydrogens is 368 g/mol. The third kappa shape index (κ3) is 6.61. The molecule has 29 heavy (non-hydrogen) atoms. The number of likely N-dealkylation sites (tertiary alicyclic amines) is 1. The Labute approximate surface area is 174 Å². The van der Waals surface area contributed by atoms with Crippen LogP contribution in [0.5, 0.6) is 11.5 Å². The number of carbonyl (C=O) groups excluding carboxylic acids is 1. The molecule has 0 spiro atoms. The minimum Gasteiger partial charge on any atom is -0.486 e. The Morgan fingerprint density at radius 3 is 2.59 bits per heavy atom. The van der Waals surface area contributed by atoms with Crippen molar-refractivity contribution in [1.29, 1.82) is 0 Å². The quantitative estimate of drug-likeness (QED) is 0.553. The normalized spacial score (nSPS) is 18.4. The summed E-state index contributed by atoms with van der Waals surface area (Å²) >= 11 is 0. The van der Waals surface area contributed by atoms with E-state index in [-0.39, 0.29) is 11.9 Å². The first kappa shape index (κ1) is 21.9. The maximum Gasteiger partial charge on any atom is 0.220 e. The number of benzene rings is 1. The van der Waals surface area contributed by atoms with Gasteiger partial charge < -0.3 is 24.8 Å². The van der Waals surface area contributed by atoms with E-state index in [0.717, 1.165) is 31.5 Å². The van der Waals surface area contributed by atoms with Crippen LogP contribution in [0.2, 0.25) is 0 Å². The zero-order chi connectivity index (χ0) is 20.5. The largest absolute Gasteiger partial charge is 0.486 e. The summed E-state index contributed by atoms with van der Waals surface area (Å²) < 4.78 is 11.2. The van der Waals surface area contributed by atoms with Crippen LogP contribution in [-0.2, 0) is 4.79 Å². The van der Waals surface area contributed by atoms with Crippen LogP contribution in [0.25, 0.3) is 0 Å². The Balaban J connectivity index is 1.61. The van der Waals surface area contributed by atoms with Crippen LogP contribution < -0.4 is 14.8 Å². The fourth-order valence-electron chi connectivity index (χ4n) is 4.11. The fourth-order valence-corrected chi connectivity index (χ4v) is 4.11. The number of aliphatic hydroxyl groups is 1. The van der Waals surface area contributed by atoms with Crippen molar-refractivity contribution in [2.75, 3.05) is 32.8 Å². The predicted molar refractivity (Wildman–Crippen MR) is 113 cm³/mol. The molecule has 0 aromatic heterocycles. The smallest absolute Gasteiger partial charge is 0.220 e. The van der Waals surface area contributed by atoms with E-state index in [2.05, 4.69) is 17.1 Å². The Morgan fingerprint density at radius 2 is 1.83 bits per heavy atom. The van der Waals surface area contributed by atoms with E-state index in [4.69, 9.17) is 9.47 Å². The molecule has 3 rings (SSSR count). The number of unbranched alkanes of at least 4 members (excludes halogenated alkanes) is 4. The Kier molecular flexibility index (Phi) is 8.62. The Hall–Kier alpha value is -1.79. The molecule has 2 heterocycles. The molecule has 2 atom stereocenters. The van der Waals surface area contributed by atoms with Crippen molar-refractivity contribution in [2.45, 2.75) is 70.4 Å². The number of amides is 1. The lowest BCUT2D eigenvalue weighted by molar-refractivity contribution is -0.123. The summed E-state index contributed by atoms with van der Waals surface area (Å²) in [5, 5.41) is 14.2. The number of rotatable bonds is 11. The van der Waals surface area contributed by atoms with Crippen molar-refractivity contribution in [1.82, 2.24) is 10.2 Å². The number of nitrogens with one attached hydrogen (secondary N) is 1. The van der Waals surface area contributed by atoms with Gasteiger partial charge in [0.05, 0.1) is 6.04 Å². The van der Waals surface area contributed by atoms with Crippen molar-refractivity contribution < 1.29 is 19.4 Å². The van der Waals surface area contributed by atoms with Gasteiger partial charge in [-0.25, -0.2) is 0 Å². The minimum atomic E-state index is -0.782. The van der Waals surface area contributed by atoms with Gasteiger partial charge in [0.25, 0.3) is 0 Å². The monoisotopic (exact) mass is 404 g/mol. The van der Waals surface area contributed by atoms with E-state index < -0.39 is 6.10 Å². The first-order chi connectivity index (χ1) is 14.2. The zero-order valence-corrected chi connectivity index (χ0v) is 17.7. The highest BCUT2D eigenvalue weighted by Gasteiger charge is 2.27. The van der Waals surface area contributed by atoms with Gasteiger partial charge in [-0.2, -0.15) is 0 Å². The summed E-state index contributed by atoms with van der Waals surface area (Å²) in [6, 6.07) is 5.22. The van der Waals surface area contributed by atoms with Crippen LogP contribution >= 0.6 is 0 Å². The first-order valence-electron chi connectivity index (χ1n) is 11.3. The van der Waals surface area contributed by atoms with Gasteiger partial charge in [-0.1, -0.05) is 38.7 Å². The summed E-state index contributed by atoms with van der Waals surface area (Å²) in [5.74, 6) is 1.40. The van der Waals surface area contributed by atoms with E-state index in [1.165, 1.54) is 32.1 Å². The van der Waals surface area contributed by atoms with Gasteiger partial charge >= 0.3 is 0 Å². The first-order valence-corrected chi connectivity index (χ1v) is 11.3. The van der Waals surface area contributed by atoms with Gasteiger partial charge in [-0.3, -0.25) is 4.79 Å². The molecule has 0 bridgehead atoms. The van der Waals surface area contributed by atoms with Gasteiger partial charge in [0.1, 0.15) is 19.3 Å². The molecule has 1 fully saturated rings. The molecule has 0 aliphatic carbocycles. The molecule has 2 N–H and O–H groups in total. The summed E-state index contributed by atoms with van der Waals surface area (Å²) in [6.07, 6.45) is 7.69. The maximum atomic E-state index is 12.5. The zero-order valence-electron chi connectivity index (χ0n) is 17.7. The van der Waals surface area contributed by atoms with E-state index >= 15 is 0 Å². The lowest BCUT2D eigenvalue weighted by Crippen LogP contribution is -2.46. The van der Waals surface area contributed by atoms with Crippen molar-refractivity contribution in [3.05, 3.63) is 23.8 Å². The van der Waals surface area contributed by atoms with Crippen LogP contribution in [0.1, 0.15) is 70.0 Å². The Morgan fingerprint density at radius 1 is 1.10 bits per heavy atom. The van der Waals surface area contributed by atoms with Crippen molar-refractivity contribution in [3.8, 4) is 11.5 Å². The van der Waals surface area contributed by atoms with E-state index in [0.29, 0.717) is 37.7 Å². The van der Waals surface area contributed by atoms with Crippen LogP contribution in [0.4, 0.5) is 0 Å². The van der Waals surface area contributed by atoms with Gasteiger partial charge in [0.2, 0.25) is 5.91 Å². The topological polar surface area (TPSA) is 71.0 Å². The van der Waals surface area contributed by atoms with Gasteiger partial charge in [0, 0.05) is 13.0 Å². The van der Waals surface area contributed by atoms with Crippen LogP contribution in [0.3, 0.4) is 0 Å². The summed E-state index contributed by atoms with van der Waals surface area (Å²) in [5.41, 5.74) is 0.752. The predicted octanol–water partition coefficient (Wildman–Crippen LogP) is 3.43. The number of hydrogen-bond acceptors (Lipinski definition) is 5.